The van der Waals surface area contributed by atoms with Crippen molar-refractivity contribution in [2.24, 2.45) is 0 Å². The number of carbonyl (C=O) groups excluding carboxylic acids is 2. The monoisotopic (exact) mass is 436 g/mol. The first-order chi connectivity index (χ1) is 13.9. The van der Waals surface area contributed by atoms with Crippen LogP contribution >= 0.6 is 23.2 Å². The van der Waals surface area contributed by atoms with Gasteiger partial charge in [0.05, 0.1) is 6.61 Å². The fourth-order valence-corrected chi connectivity index (χ4v) is 3.16. The molecule has 5 nitrogen and oxygen atoms in total. The Hall–Kier alpha value is -2.24. The Labute approximate surface area is 181 Å². The van der Waals surface area contributed by atoms with Gasteiger partial charge in [0.15, 0.2) is 0 Å². The number of likely N-dealkylation sites (N-methyl/N-ethyl adjacent to an activating group) is 1. The quantitative estimate of drug-likeness (QED) is 0.548. The van der Waals surface area contributed by atoms with E-state index >= 15 is 0 Å². The van der Waals surface area contributed by atoms with Gasteiger partial charge in [-0.3, -0.25) is 9.59 Å². The van der Waals surface area contributed by atoms with Gasteiger partial charge in [-0.2, -0.15) is 0 Å². The molecule has 2 rings (SSSR count). The van der Waals surface area contributed by atoms with E-state index in [4.69, 9.17) is 27.9 Å². The molecule has 2 aromatic rings. The number of hydrogen-bond acceptors (Lipinski definition) is 3. The lowest BCUT2D eigenvalue weighted by Crippen LogP contribution is -2.47. The maximum atomic E-state index is 12.9. The van der Waals surface area contributed by atoms with Crippen molar-refractivity contribution < 1.29 is 14.3 Å². The summed E-state index contributed by atoms with van der Waals surface area (Å²) in [4.78, 5) is 26.8. The smallest absolute Gasteiger partial charge is 0.242 e. The number of nitrogens with zero attached hydrogens (tertiary/aromatic N) is 1. The highest BCUT2D eigenvalue weighted by Gasteiger charge is 2.25. The van der Waals surface area contributed by atoms with Crippen LogP contribution in [-0.2, 0) is 16.1 Å². The van der Waals surface area contributed by atoms with E-state index in [0.29, 0.717) is 41.9 Å². The van der Waals surface area contributed by atoms with Crippen LogP contribution in [-0.4, -0.2) is 35.9 Å². The summed E-state index contributed by atoms with van der Waals surface area (Å²) < 4.78 is 5.65. The van der Waals surface area contributed by atoms with Gasteiger partial charge in [-0.05, 0) is 62.2 Å². The number of carbonyl (C=O) groups is 2. The van der Waals surface area contributed by atoms with Crippen molar-refractivity contribution in [2.75, 3.05) is 13.2 Å². The summed E-state index contributed by atoms with van der Waals surface area (Å²) in [5, 5.41) is 4.01. The average Bonchev–Trinajstić information content (AvgIpc) is 2.70. The fourth-order valence-electron chi connectivity index (χ4n) is 2.82. The second kappa shape index (κ2) is 11.7. The van der Waals surface area contributed by atoms with Gasteiger partial charge in [0, 0.05) is 29.6 Å². The molecule has 1 atom stereocenters. The van der Waals surface area contributed by atoms with Crippen LogP contribution in [0.2, 0.25) is 10.0 Å². The van der Waals surface area contributed by atoms with Gasteiger partial charge in [-0.25, -0.2) is 0 Å². The molecule has 0 aliphatic rings. The molecule has 0 saturated carbocycles. The minimum Gasteiger partial charge on any atom is -0.494 e. The van der Waals surface area contributed by atoms with Crippen molar-refractivity contribution in [2.45, 2.75) is 39.3 Å². The van der Waals surface area contributed by atoms with Gasteiger partial charge in [0.25, 0.3) is 0 Å². The number of hydrogen-bond donors (Lipinski definition) is 1. The summed E-state index contributed by atoms with van der Waals surface area (Å²) in [5.41, 5.74) is 0.874. The van der Waals surface area contributed by atoms with Crippen LogP contribution in [0, 0.1) is 0 Å². The number of rotatable bonds is 10. The van der Waals surface area contributed by atoms with Crippen LogP contribution in [0.4, 0.5) is 0 Å². The highest BCUT2D eigenvalue weighted by Crippen LogP contribution is 2.17. The zero-order valence-corrected chi connectivity index (χ0v) is 18.2. The summed E-state index contributed by atoms with van der Waals surface area (Å²) in [6, 6.07) is 13.8. The lowest BCUT2D eigenvalue weighted by atomic mass is 10.1. The van der Waals surface area contributed by atoms with Crippen LogP contribution in [0.1, 0.15) is 32.3 Å². The highest BCUT2D eigenvalue weighted by molar-refractivity contribution is 6.30. The first-order valence-corrected chi connectivity index (χ1v) is 10.4. The van der Waals surface area contributed by atoms with E-state index in [9.17, 15) is 9.59 Å². The third kappa shape index (κ3) is 7.59. The van der Waals surface area contributed by atoms with Crippen LogP contribution < -0.4 is 10.1 Å². The number of ether oxygens (including phenoxy) is 1. The molecule has 0 unspecified atom stereocenters. The van der Waals surface area contributed by atoms with E-state index in [1.807, 2.05) is 19.1 Å². The Bertz CT molecular complexity index is 812. The molecular formula is C22H26Cl2N2O3. The maximum absolute atomic E-state index is 12.9. The molecule has 0 bridgehead atoms. The lowest BCUT2D eigenvalue weighted by molar-refractivity contribution is -0.140. The molecule has 0 radical (unpaired) electrons. The number of amides is 2. The van der Waals surface area contributed by atoms with Gasteiger partial charge >= 0.3 is 0 Å². The molecule has 7 heteroatoms. The zero-order valence-electron chi connectivity index (χ0n) is 16.7. The van der Waals surface area contributed by atoms with Gasteiger partial charge in [0.1, 0.15) is 11.8 Å². The van der Waals surface area contributed by atoms with Gasteiger partial charge in [-0.1, -0.05) is 35.3 Å². The Morgan fingerprint density at radius 1 is 1.10 bits per heavy atom. The first-order valence-electron chi connectivity index (χ1n) is 9.60. The van der Waals surface area contributed by atoms with E-state index in [2.05, 4.69) is 5.32 Å². The van der Waals surface area contributed by atoms with E-state index in [1.54, 1.807) is 48.2 Å². The maximum Gasteiger partial charge on any atom is 0.242 e. The zero-order chi connectivity index (χ0) is 21.2. The molecule has 0 aliphatic heterocycles. The van der Waals surface area contributed by atoms with Crippen LogP contribution in [0.5, 0.6) is 5.75 Å². The molecule has 2 aromatic carbocycles. The normalized spacial score (nSPS) is 11.6. The SMILES string of the molecule is CCNC(=O)[C@H](C)N(Cc1cccc(Cl)c1)C(=O)CCCOc1ccc(Cl)cc1. The second-order valence-electron chi connectivity index (χ2n) is 6.63. The molecule has 0 spiro atoms. The number of nitrogens with one attached hydrogen (secondary N) is 1. The second-order valence-corrected chi connectivity index (χ2v) is 7.50. The van der Waals surface area contributed by atoms with Crippen molar-refractivity contribution in [1.82, 2.24) is 10.2 Å². The number of benzene rings is 2. The molecule has 0 aliphatic carbocycles. The summed E-state index contributed by atoms with van der Waals surface area (Å²) in [7, 11) is 0. The molecule has 1 N–H and O–H groups in total. The molecule has 156 valence electrons. The fraction of sp³-hybridized carbons (Fsp3) is 0.364. The van der Waals surface area contributed by atoms with Crippen LogP contribution in [0.25, 0.3) is 0 Å². The first kappa shape index (κ1) is 23.0. The molecular weight excluding hydrogens is 411 g/mol. The summed E-state index contributed by atoms with van der Waals surface area (Å²) >= 11 is 11.9. The van der Waals surface area contributed by atoms with E-state index in [-0.39, 0.29) is 18.2 Å². The Morgan fingerprint density at radius 3 is 2.48 bits per heavy atom. The van der Waals surface area contributed by atoms with Crippen molar-refractivity contribution in [1.29, 1.82) is 0 Å². The third-order valence-electron chi connectivity index (χ3n) is 4.38. The Balaban J connectivity index is 1.97. The predicted octanol–water partition coefficient (Wildman–Crippen LogP) is 4.71. The number of halogens is 2. The lowest BCUT2D eigenvalue weighted by Gasteiger charge is -2.29. The van der Waals surface area contributed by atoms with E-state index in [1.165, 1.54) is 0 Å². The van der Waals surface area contributed by atoms with Crippen LogP contribution in [0.15, 0.2) is 48.5 Å². The molecule has 0 heterocycles. The van der Waals surface area contributed by atoms with Crippen molar-refractivity contribution in [3.63, 3.8) is 0 Å². The predicted molar refractivity (Wildman–Crippen MR) is 116 cm³/mol. The van der Waals surface area contributed by atoms with E-state index in [0.717, 1.165) is 5.56 Å². The van der Waals surface area contributed by atoms with Gasteiger partial charge in [0.2, 0.25) is 11.8 Å². The summed E-state index contributed by atoms with van der Waals surface area (Å²) in [6.45, 7) is 4.81. The summed E-state index contributed by atoms with van der Waals surface area (Å²) in [5.74, 6) is 0.414. The largest absolute Gasteiger partial charge is 0.494 e. The van der Waals surface area contributed by atoms with Crippen molar-refractivity contribution >= 4 is 35.0 Å². The molecule has 2 amide bonds. The minimum absolute atomic E-state index is 0.108. The van der Waals surface area contributed by atoms with Crippen LogP contribution in [0.3, 0.4) is 0 Å². The Morgan fingerprint density at radius 2 is 1.83 bits per heavy atom. The standard InChI is InChI=1S/C22H26Cl2N2O3/c1-3-25-22(28)16(2)26(15-17-6-4-7-19(24)14-17)21(27)8-5-13-29-20-11-9-18(23)10-12-20/h4,6-7,9-12,14,16H,3,5,8,13,15H2,1-2H3,(H,25,28)/t16-/m0/s1. The average molecular weight is 437 g/mol. The third-order valence-corrected chi connectivity index (χ3v) is 4.86. The van der Waals surface area contributed by atoms with E-state index < -0.39 is 6.04 Å². The van der Waals surface area contributed by atoms with Crippen molar-refractivity contribution in [3.8, 4) is 5.75 Å². The Kier molecular flexibility index (Phi) is 9.29. The van der Waals surface area contributed by atoms with Gasteiger partial charge in [-0.15, -0.1) is 0 Å². The topological polar surface area (TPSA) is 58.6 Å². The van der Waals surface area contributed by atoms with Gasteiger partial charge < -0.3 is 15.0 Å². The minimum atomic E-state index is -0.585. The molecule has 0 aromatic heterocycles. The molecule has 0 fully saturated rings. The highest BCUT2D eigenvalue weighted by atomic mass is 35.5. The summed E-state index contributed by atoms with van der Waals surface area (Å²) in [6.07, 6.45) is 0.813. The van der Waals surface area contributed by atoms with Crippen molar-refractivity contribution in [3.05, 3.63) is 64.1 Å². The molecule has 0 saturated heterocycles. The molecule has 29 heavy (non-hydrogen) atoms.